The maximum Gasteiger partial charge on any atom is 0.154 e. The van der Waals surface area contributed by atoms with Crippen LogP contribution in [-0.2, 0) is 6.54 Å². The number of hydrogen-bond acceptors (Lipinski definition) is 3. The third-order valence-electron chi connectivity index (χ3n) is 2.83. The van der Waals surface area contributed by atoms with Crippen LogP contribution in [0.3, 0.4) is 0 Å². The van der Waals surface area contributed by atoms with Crippen molar-refractivity contribution < 1.29 is 8.78 Å². The maximum atomic E-state index is 14.0. The van der Waals surface area contributed by atoms with Crippen LogP contribution in [0, 0.1) is 18.6 Å². The summed E-state index contributed by atoms with van der Waals surface area (Å²) in [4.78, 5) is 0. The van der Waals surface area contributed by atoms with Gasteiger partial charge in [-0.1, -0.05) is 11.3 Å². The standard InChI is InChI=1S/C14H18F2N4/c1-9-5-6-11(15)13(12(9)16)20-8-10(18-19-20)7-17-14(2,3)4/h5-6,8,17H,7H2,1-4H3. The van der Waals surface area contributed by atoms with Gasteiger partial charge < -0.3 is 5.32 Å². The maximum absolute atomic E-state index is 14.0. The number of nitrogens with zero attached hydrogens (tertiary/aromatic N) is 3. The Morgan fingerprint density at radius 1 is 1.25 bits per heavy atom. The van der Waals surface area contributed by atoms with Gasteiger partial charge in [-0.15, -0.1) is 5.10 Å². The van der Waals surface area contributed by atoms with Crippen LogP contribution >= 0.6 is 0 Å². The summed E-state index contributed by atoms with van der Waals surface area (Å²) in [6, 6.07) is 2.62. The van der Waals surface area contributed by atoms with Gasteiger partial charge >= 0.3 is 0 Å². The average molecular weight is 280 g/mol. The highest BCUT2D eigenvalue weighted by atomic mass is 19.1. The first kappa shape index (κ1) is 14.6. The number of hydrogen-bond donors (Lipinski definition) is 1. The predicted octanol–water partition coefficient (Wildman–Crippen LogP) is 2.74. The summed E-state index contributed by atoms with van der Waals surface area (Å²) in [5, 5.41) is 11.0. The molecule has 0 saturated carbocycles. The van der Waals surface area contributed by atoms with E-state index in [-0.39, 0.29) is 11.2 Å². The molecule has 1 heterocycles. The highest BCUT2D eigenvalue weighted by Crippen LogP contribution is 2.20. The highest BCUT2D eigenvalue weighted by Gasteiger charge is 2.16. The molecule has 0 saturated heterocycles. The van der Waals surface area contributed by atoms with E-state index >= 15 is 0 Å². The van der Waals surface area contributed by atoms with Gasteiger partial charge in [-0.25, -0.2) is 13.5 Å². The fraction of sp³-hybridized carbons (Fsp3) is 0.429. The highest BCUT2D eigenvalue weighted by molar-refractivity contribution is 5.38. The van der Waals surface area contributed by atoms with Crippen LogP contribution < -0.4 is 5.32 Å². The summed E-state index contributed by atoms with van der Waals surface area (Å²) in [6.07, 6.45) is 1.53. The Morgan fingerprint density at radius 3 is 2.60 bits per heavy atom. The molecular formula is C14H18F2N4. The van der Waals surface area contributed by atoms with Crippen molar-refractivity contribution in [3.63, 3.8) is 0 Å². The fourth-order valence-electron chi connectivity index (χ4n) is 1.70. The van der Waals surface area contributed by atoms with Crippen molar-refractivity contribution in [2.45, 2.75) is 39.8 Å². The molecule has 1 N–H and O–H groups in total. The topological polar surface area (TPSA) is 42.7 Å². The molecule has 0 fully saturated rings. The Balaban J connectivity index is 2.28. The van der Waals surface area contributed by atoms with Crippen molar-refractivity contribution in [1.29, 1.82) is 0 Å². The molecule has 108 valence electrons. The predicted molar refractivity (Wildman–Crippen MR) is 72.6 cm³/mol. The van der Waals surface area contributed by atoms with Crippen LogP contribution in [0.25, 0.3) is 5.69 Å². The lowest BCUT2D eigenvalue weighted by molar-refractivity contribution is 0.421. The molecular weight excluding hydrogens is 262 g/mol. The van der Waals surface area contributed by atoms with E-state index in [9.17, 15) is 8.78 Å². The Bertz CT molecular complexity index is 614. The zero-order valence-electron chi connectivity index (χ0n) is 12.0. The van der Waals surface area contributed by atoms with Crippen molar-refractivity contribution in [2.24, 2.45) is 0 Å². The molecule has 0 aliphatic heterocycles. The lowest BCUT2D eigenvalue weighted by atomic mass is 10.1. The van der Waals surface area contributed by atoms with Gasteiger partial charge in [-0.2, -0.15) is 0 Å². The SMILES string of the molecule is Cc1ccc(F)c(-n2cc(CNC(C)(C)C)nn2)c1F. The van der Waals surface area contributed by atoms with Crippen LogP contribution in [0.5, 0.6) is 0 Å². The molecule has 0 atom stereocenters. The zero-order chi connectivity index (χ0) is 14.9. The van der Waals surface area contributed by atoms with Gasteiger partial charge in [-0.05, 0) is 39.3 Å². The van der Waals surface area contributed by atoms with E-state index in [2.05, 4.69) is 15.6 Å². The molecule has 1 aromatic carbocycles. The van der Waals surface area contributed by atoms with E-state index < -0.39 is 11.6 Å². The average Bonchev–Trinajstić information content (AvgIpc) is 2.80. The van der Waals surface area contributed by atoms with Gasteiger partial charge in [0, 0.05) is 12.1 Å². The van der Waals surface area contributed by atoms with Gasteiger partial charge in [-0.3, -0.25) is 0 Å². The molecule has 0 bridgehead atoms. The number of benzene rings is 1. The monoisotopic (exact) mass is 280 g/mol. The second-order valence-corrected chi connectivity index (χ2v) is 5.78. The summed E-state index contributed by atoms with van der Waals surface area (Å²) < 4.78 is 28.9. The fourth-order valence-corrected chi connectivity index (χ4v) is 1.70. The summed E-state index contributed by atoms with van der Waals surface area (Å²) in [5.41, 5.74) is 0.731. The summed E-state index contributed by atoms with van der Waals surface area (Å²) in [6.45, 7) is 8.14. The van der Waals surface area contributed by atoms with Crippen LogP contribution in [0.15, 0.2) is 18.3 Å². The minimum Gasteiger partial charge on any atom is -0.306 e. The van der Waals surface area contributed by atoms with E-state index in [0.717, 1.165) is 4.68 Å². The molecule has 0 unspecified atom stereocenters. The molecule has 20 heavy (non-hydrogen) atoms. The van der Waals surface area contributed by atoms with Gasteiger partial charge in [0.2, 0.25) is 0 Å². The van der Waals surface area contributed by atoms with Crippen molar-refractivity contribution in [1.82, 2.24) is 20.3 Å². The van der Waals surface area contributed by atoms with Gasteiger partial charge in [0.05, 0.1) is 11.9 Å². The van der Waals surface area contributed by atoms with Crippen molar-refractivity contribution in [3.8, 4) is 5.69 Å². The van der Waals surface area contributed by atoms with Crippen LogP contribution in [-0.4, -0.2) is 20.5 Å². The van der Waals surface area contributed by atoms with Crippen LogP contribution in [0.2, 0.25) is 0 Å². The van der Waals surface area contributed by atoms with Crippen molar-refractivity contribution in [3.05, 3.63) is 41.2 Å². The van der Waals surface area contributed by atoms with Crippen molar-refractivity contribution in [2.75, 3.05) is 0 Å². The van der Waals surface area contributed by atoms with Gasteiger partial charge in [0.1, 0.15) is 5.69 Å². The number of aromatic nitrogens is 3. The molecule has 2 rings (SSSR count). The number of halogens is 2. The first-order chi connectivity index (χ1) is 9.28. The Hall–Kier alpha value is -1.82. The molecule has 0 aliphatic carbocycles. The Labute approximate surface area is 116 Å². The molecule has 6 heteroatoms. The largest absolute Gasteiger partial charge is 0.306 e. The molecule has 1 aromatic heterocycles. The van der Waals surface area contributed by atoms with Gasteiger partial charge in [0.15, 0.2) is 11.6 Å². The quantitative estimate of drug-likeness (QED) is 0.940. The summed E-state index contributed by atoms with van der Waals surface area (Å²) >= 11 is 0. The molecule has 0 spiro atoms. The van der Waals surface area contributed by atoms with Crippen LogP contribution in [0.4, 0.5) is 8.78 Å². The third-order valence-corrected chi connectivity index (χ3v) is 2.83. The minimum atomic E-state index is -0.659. The van der Waals surface area contributed by atoms with Crippen molar-refractivity contribution >= 4 is 0 Å². The molecule has 0 radical (unpaired) electrons. The Kier molecular flexibility index (Phi) is 3.85. The van der Waals surface area contributed by atoms with E-state index in [1.807, 2.05) is 20.8 Å². The lowest BCUT2D eigenvalue weighted by Gasteiger charge is -2.19. The van der Waals surface area contributed by atoms with E-state index in [4.69, 9.17) is 0 Å². The second kappa shape index (κ2) is 5.28. The summed E-state index contributed by atoms with van der Waals surface area (Å²) in [5.74, 6) is -1.28. The zero-order valence-corrected chi connectivity index (χ0v) is 12.0. The first-order valence-electron chi connectivity index (χ1n) is 6.39. The molecule has 0 aliphatic rings. The molecule has 0 amide bonds. The van der Waals surface area contributed by atoms with E-state index in [0.29, 0.717) is 17.8 Å². The first-order valence-corrected chi connectivity index (χ1v) is 6.39. The lowest BCUT2D eigenvalue weighted by Crippen LogP contribution is -2.35. The molecule has 2 aromatic rings. The van der Waals surface area contributed by atoms with Gasteiger partial charge in [0.25, 0.3) is 0 Å². The normalized spacial score (nSPS) is 11.9. The second-order valence-electron chi connectivity index (χ2n) is 5.78. The van der Waals surface area contributed by atoms with E-state index in [1.54, 1.807) is 6.92 Å². The summed E-state index contributed by atoms with van der Waals surface area (Å²) in [7, 11) is 0. The van der Waals surface area contributed by atoms with Crippen LogP contribution in [0.1, 0.15) is 32.0 Å². The molecule has 4 nitrogen and oxygen atoms in total. The number of rotatable bonds is 3. The van der Waals surface area contributed by atoms with E-state index in [1.165, 1.54) is 18.3 Å². The Morgan fingerprint density at radius 2 is 1.95 bits per heavy atom. The minimum absolute atomic E-state index is 0.0659. The smallest absolute Gasteiger partial charge is 0.154 e. The third kappa shape index (κ3) is 3.19. The number of aryl methyl sites for hydroxylation is 1. The number of nitrogens with one attached hydrogen (secondary N) is 1.